The fraction of sp³-hybridized carbons (Fsp3) is 0.179. The van der Waals surface area contributed by atoms with E-state index in [1.54, 1.807) is 35.3 Å². The molecule has 3 heterocycles. The molecule has 40 heavy (non-hydrogen) atoms. The van der Waals surface area contributed by atoms with Gasteiger partial charge in [0.15, 0.2) is 0 Å². The number of nitro groups is 1. The van der Waals surface area contributed by atoms with E-state index in [0.717, 1.165) is 28.7 Å². The van der Waals surface area contributed by atoms with Crippen LogP contribution < -0.4 is 15.1 Å². The van der Waals surface area contributed by atoms with Crippen LogP contribution in [0.15, 0.2) is 78.9 Å². The third-order valence-corrected chi connectivity index (χ3v) is 7.46. The summed E-state index contributed by atoms with van der Waals surface area (Å²) < 4.78 is 40.2. The van der Waals surface area contributed by atoms with Gasteiger partial charge in [-0.3, -0.25) is 24.5 Å². The number of nitrogens with one attached hydrogen (secondary N) is 1. The summed E-state index contributed by atoms with van der Waals surface area (Å²) in [4.78, 5) is 54.2. The number of nitro benzene ring substituents is 1. The first-order valence-electron chi connectivity index (χ1n) is 12.2. The average molecular weight is 548 g/mol. The minimum absolute atomic E-state index is 0.178. The van der Waals surface area contributed by atoms with Crippen molar-refractivity contribution in [2.24, 2.45) is 11.8 Å². The fourth-order valence-corrected chi connectivity index (χ4v) is 5.77. The lowest BCUT2D eigenvalue weighted by Gasteiger charge is -2.36. The van der Waals surface area contributed by atoms with Gasteiger partial charge in [0.1, 0.15) is 6.04 Å². The van der Waals surface area contributed by atoms with Gasteiger partial charge in [-0.15, -0.1) is 0 Å². The first-order chi connectivity index (χ1) is 19.1. The molecule has 12 heteroatoms. The predicted octanol–water partition coefficient (Wildman–Crippen LogP) is 4.64. The molecule has 0 bridgehead atoms. The Morgan fingerprint density at radius 3 is 2.33 bits per heavy atom. The van der Waals surface area contributed by atoms with Gasteiger partial charge in [0.25, 0.3) is 5.69 Å². The summed E-state index contributed by atoms with van der Waals surface area (Å²) in [6.45, 7) is 0. The van der Waals surface area contributed by atoms with Gasteiger partial charge in [0, 0.05) is 23.5 Å². The Bertz CT molecular complexity index is 1600. The van der Waals surface area contributed by atoms with Crippen LogP contribution in [0.4, 0.5) is 35.9 Å². The molecule has 3 aromatic carbocycles. The summed E-state index contributed by atoms with van der Waals surface area (Å²) in [6, 6.07) is 14.3. The Kier molecular flexibility index (Phi) is 5.71. The zero-order chi connectivity index (χ0) is 28.3. The van der Waals surface area contributed by atoms with E-state index in [9.17, 15) is 37.7 Å². The van der Waals surface area contributed by atoms with E-state index < -0.39 is 58.3 Å². The van der Waals surface area contributed by atoms with Crippen molar-refractivity contribution < 1.29 is 32.5 Å². The van der Waals surface area contributed by atoms with Gasteiger partial charge in [-0.25, -0.2) is 4.90 Å². The number of alkyl halides is 3. The molecule has 2 saturated heterocycles. The number of halogens is 3. The van der Waals surface area contributed by atoms with Crippen molar-refractivity contribution >= 4 is 46.5 Å². The van der Waals surface area contributed by atoms with Crippen LogP contribution in [0.1, 0.15) is 11.1 Å². The lowest BCUT2D eigenvalue weighted by Crippen LogP contribution is -2.50. The third-order valence-electron chi connectivity index (χ3n) is 7.46. The van der Waals surface area contributed by atoms with Gasteiger partial charge in [-0.1, -0.05) is 36.4 Å². The lowest BCUT2D eigenvalue weighted by atomic mass is 9.88. The Morgan fingerprint density at radius 1 is 0.925 bits per heavy atom. The number of para-hydroxylation sites is 1. The number of amides is 3. The molecule has 0 aromatic heterocycles. The highest BCUT2D eigenvalue weighted by molar-refractivity contribution is 6.25. The van der Waals surface area contributed by atoms with E-state index >= 15 is 0 Å². The Morgan fingerprint density at radius 2 is 1.62 bits per heavy atom. The second kappa shape index (κ2) is 9.04. The molecule has 0 spiro atoms. The number of anilines is 3. The highest BCUT2D eigenvalue weighted by atomic mass is 19.4. The molecule has 0 aliphatic carbocycles. The molecule has 4 atom stereocenters. The van der Waals surface area contributed by atoms with Crippen molar-refractivity contribution in [3.05, 3.63) is 100 Å². The predicted molar refractivity (Wildman–Crippen MR) is 138 cm³/mol. The third kappa shape index (κ3) is 3.91. The van der Waals surface area contributed by atoms with Crippen molar-refractivity contribution in [2.45, 2.75) is 18.3 Å². The summed E-state index contributed by atoms with van der Waals surface area (Å²) in [5.41, 5.74) is 0.218. The minimum Gasteiger partial charge on any atom is -0.351 e. The van der Waals surface area contributed by atoms with Crippen LogP contribution in [-0.2, 0) is 20.6 Å². The molecule has 3 aliphatic heterocycles. The monoisotopic (exact) mass is 548 g/mol. The number of carbonyl (C=O) groups is 3. The maximum Gasteiger partial charge on any atom is 0.416 e. The van der Waals surface area contributed by atoms with Crippen LogP contribution in [-0.4, -0.2) is 34.7 Å². The fourth-order valence-electron chi connectivity index (χ4n) is 5.77. The zero-order valence-electron chi connectivity index (χ0n) is 20.4. The van der Waals surface area contributed by atoms with Gasteiger partial charge >= 0.3 is 6.18 Å². The highest BCUT2D eigenvalue weighted by Gasteiger charge is 2.64. The van der Waals surface area contributed by atoms with Crippen molar-refractivity contribution in [3.8, 4) is 0 Å². The molecule has 3 aliphatic rings. The van der Waals surface area contributed by atoms with E-state index in [1.165, 1.54) is 30.3 Å². The SMILES string of the molecule is O=C(Nc1ccc([N+](=O)[O-])cc1)C1C2C(=O)N(c3cccc(C(F)(F)F)c3)C(=O)C2C2C=Cc3ccccc3N21. The van der Waals surface area contributed by atoms with E-state index in [2.05, 4.69) is 5.32 Å². The number of nitrogens with zero attached hydrogens (tertiary/aromatic N) is 3. The lowest BCUT2D eigenvalue weighted by molar-refractivity contribution is -0.384. The molecule has 0 radical (unpaired) electrons. The van der Waals surface area contributed by atoms with E-state index in [1.807, 2.05) is 6.07 Å². The van der Waals surface area contributed by atoms with Gasteiger partial charge in [0.2, 0.25) is 17.7 Å². The van der Waals surface area contributed by atoms with Gasteiger partial charge < -0.3 is 10.2 Å². The maximum absolute atomic E-state index is 13.8. The molecule has 6 rings (SSSR count). The second-order valence-corrected chi connectivity index (χ2v) is 9.67. The van der Waals surface area contributed by atoms with Crippen molar-refractivity contribution in [3.63, 3.8) is 0 Å². The molecule has 4 unspecified atom stereocenters. The Balaban J connectivity index is 1.41. The number of fused-ring (bicyclic) bond motifs is 5. The molecule has 202 valence electrons. The van der Waals surface area contributed by atoms with E-state index in [4.69, 9.17) is 0 Å². The van der Waals surface area contributed by atoms with E-state index in [-0.39, 0.29) is 17.1 Å². The normalized spacial score (nSPS) is 23.1. The van der Waals surface area contributed by atoms with Crippen molar-refractivity contribution in [1.82, 2.24) is 0 Å². The van der Waals surface area contributed by atoms with Crippen LogP contribution in [0.3, 0.4) is 0 Å². The minimum atomic E-state index is -4.68. The number of non-ortho nitro benzene ring substituents is 1. The van der Waals surface area contributed by atoms with Gasteiger partial charge in [-0.2, -0.15) is 13.2 Å². The number of hydrogen-bond acceptors (Lipinski definition) is 6. The molecule has 0 saturated carbocycles. The van der Waals surface area contributed by atoms with Crippen LogP contribution in [0, 0.1) is 22.0 Å². The van der Waals surface area contributed by atoms with Crippen molar-refractivity contribution in [2.75, 3.05) is 15.1 Å². The Labute approximate surface area is 224 Å². The van der Waals surface area contributed by atoms with E-state index in [0.29, 0.717) is 5.69 Å². The van der Waals surface area contributed by atoms with Crippen LogP contribution in [0.5, 0.6) is 0 Å². The number of hydrogen-bond donors (Lipinski definition) is 1. The Hall–Kier alpha value is -5.00. The number of carbonyl (C=O) groups excluding carboxylic acids is 3. The largest absolute Gasteiger partial charge is 0.416 e. The van der Waals surface area contributed by atoms with Crippen LogP contribution in [0.2, 0.25) is 0 Å². The number of imide groups is 1. The quantitative estimate of drug-likeness (QED) is 0.289. The maximum atomic E-state index is 13.8. The highest BCUT2D eigenvalue weighted by Crippen LogP contribution is 2.49. The molecule has 9 nitrogen and oxygen atoms in total. The summed E-state index contributed by atoms with van der Waals surface area (Å²) in [6.07, 6.45) is -1.17. The number of rotatable bonds is 4. The molecular formula is C28H19F3N4O5. The first kappa shape index (κ1) is 25.3. The molecular weight excluding hydrogens is 529 g/mol. The average Bonchev–Trinajstić information content (AvgIpc) is 3.41. The molecule has 1 N–H and O–H groups in total. The smallest absolute Gasteiger partial charge is 0.351 e. The van der Waals surface area contributed by atoms with Crippen LogP contribution >= 0.6 is 0 Å². The number of benzene rings is 3. The topological polar surface area (TPSA) is 113 Å². The van der Waals surface area contributed by atoms with Crippen LogP contribution in [0.25, 0.3) is 6.08 Å². The van der Waals surface area contributed by atoms with Gasteiger partial charge in [-0.05, 0) is 42.0 Å². The second-order valence-electron chi connectivity index (χ2n) is 9.67. The van der Waals surface area contributed by atoms with Gasteiger partial charge in [0.05, 0.1) is 34.1 Å². The summed E-state index contributed by atoms with van der Waals surface area (Å²) in [7, 11) is 0. The molecule has 3 aromatic rings. The zero-order valence-corrected chi connectivity index (χ0v) is 20.4. The summed E-state index contributed by atoms with van der Waals surface area (Å²) in [5, 5.41) is 13.7. The molecule has 2 fully saturated rings. The summed E-state index contributed by atoms with van der Waals surface area (Å²) in [5.74, 6) is -4.33. The summed E-state index contributed by atoms with van der Waals surface area (Å²) >= 11 is 0. The van der Waals surface area contributed by atoms with Crippen molar-refractivity contribution in [1.29, 1.82) is 0 Å². The first-order valence-corrected chi connectivity index (χ1v) is 12.2. The molecule has 3 amide bonds. The standard InChI is InChI=1S/C28H19F3N4O5/c29-28(30,31)16-5-3-6-19(14-16)33-26(37)22-21-13-8-15-4-1-2-7-20(15)34(21)24(23(22)27(33)38)25(36)32-17-9-11-18(12-10-17)35(39)40/h1-14,21-24H,(H,32,36).